The molecule has 0 spiro atoms. The molecular formula is C17H20N6O2. The fraction of sp³-hybridized carbons (Fsp3) is 0.412. The fourth-order valence-corrected chi connectivity index (χ4v) is 2.91. The predicted molar refractivity (Wildman–Crippen MR) is 90.9 cm³/mol. The first-order valence-electron chi connectivity index (χ1n) is 8.29. The molecule has 3 rings (SSSR count). The summed E-state index contributed by atoms with van der Waals surface area (Å²) >= 11 is 0. The van der Waals surface area contributed by atoms with Crippen LogP contribution in [0.3, 0.4) is 0 Å². The number of aromatic nitrogens is 3. The first kappa shape index (κ1) is 16.8. The standard InChI is InChI=1S/C17H20N6O2/c18-8-11-23-17(25)22-13-12-21(10-7-15(22)20-23)16(24)19-9-6-14-4-2-1-3-5-14/h1-5H,6-7,9-13H2,(H,19,24). The van der Waals surface area contributed by atoms with Crippen LogP contribution in [0.4, 0.5) is 4.79 Å². The van der Waals surface area contributed by atoms with Crippen LogP contribution in [0.1, 0.15) is 11.4 Å². The number of nitrogens with zero attached hydrogens (tertiary/aromatic N) is 5. The van der Waals surface area contributed by atoms with Gasteiger partial charge in [-0.05, 0) is 12.0 Å². The van der Waals surface area contributed by atoms with Gasteiger partial charge in [-0.2, -0.15) is 15.0 Å². The molecule has 130 valence electrons. The van der Waals surface area contributed by atoms with Gasteiger partial charge in [-0.15, -0.1) is 0 Å². The van der Waals surface area contributed by atoms with E-state index < -0.39 is 0 Å². The number of rotatable bonds is 4. The van der Waals surface area contributed by atoms with E-state index in [0.717, 1.165) is 6.42 Å². The van der Waals surface area contributed by atoms with Gasteiger partial charge in [0.1, 0.15) is 12.4 Å². The van der Waals surface area contributed by atoms with Crippen molar-refractivity contribution >= 4 is 6.03 Å². The second-order valence-electron chi connectivity index (χ2n) is 5.87. The van der Waals surface area contributed by atoms with Gasteiger partial charge in [0.15, 0.2) is 0 Å². The van der Waals surface area contributed by atoms with Gasteiger partial charge in [0, 0.05) is 32.6 Å². The third-order valence-electron chi connectivity index (χ3n) is 4.24. The summed E-state index contributed by atoms with van der Waals surface area (Å²) in [7, 11) is 0. The highest BCUT2D eigenvalue weighted by Gasteiger charge is 2.21. The monoisotopic (exact) mass is 340 g/mol. The maximum absolute atomic E-state index is 12.3. The summed E-state index contributed by atoms with van der Waals surface area (Å²) in [5.41, 5.74) is 0.889. The summed E-state index contributed by atoms with van der Waals surface area (Å²) in [6.45, 7) is 1.86. The summed E-state index contributed by atoms with van der Waals surface area (Å²) in [4.78, 5) is 26.2. The molecule has 1 aliphatic heterocycles. The topological polar surface area (TPSA) is 95.9 Å². The fourth-order valence-electron chi connectivity index (χ4n) is 2.91. The van der Waals surface area contributed by atoms with Crippen LogP contribution in [-0.2, 0) is 25.9 Å². The lowest BCUT2D eigenvalue weighted by Gasteiger charge is -2.20. The highest BCUT2D eigenvalue weighted by atomic mass is 16.2. The zero-order chi connectivity index (χ0) is 17.6. The number of nitriles is 1. The van der Waals surface area contributed by atoms with Crippen LogP contribution < -0.4 is 11.0 Å². The molecule has 0 saturated carbocycles. The number of carbonyl (C=O) groups is 1. The molecule has 0 aliphatic carbocycles. The van der Waals surface area contributed by atoms with Gasteiger partial charge in [-0.1, -0.05) is 30.3 Å². The molecule has 8 nitrogen and oxygen atoms in total. The quantitative estimate of drug-likeness (QED) is 0.870. The molecular weight excluding hydrogens is 320 g/mol. The maximum atomic E-state index is 12.3. The van der Waals surface area contributed by atoms with Crippen LogP contribution in [-0.4, -0.2) is 44.9 Å². The third-order valence-corrected chi connectivity index (χ3v) is 4.24. The number of fused-ring (bicyclic) bond motifs is 1. The Bertz CT molecular complexity index is 833. The first-order valence-corrected chi connectivity index (χ1v) is 8.29. The number of benzene rings is 1. The average Bonchev–Trinajstić information content (AvgIpc) is 2.80. The lowest BCUT2D eigenvalue weighted by molar-refractivity contribution is 0.199. The lowest BCUT2D eigenvalue weighted by atomic mass is 10.1. The van der Waals surface area contributed by atoms with Gasteiger partial charge < -0.3 is 10.2 Å². The smallest absolute Gasteiger partial charge is 0.338 e. The normalized spacial score (nSPS) is 13.6. The summed E-state index contributed by atoms with van der Waals surface area (Å²) in [5.74, 6) is 0.625. The van der Waals surface area contributed by atoms with Gasteiger partial charge in [-0.3, -0.25) is 4.57 Å². The van der Waals surface area contributed by atoms with E-state index in [0.29, 0.717) is 38.4 Å². The molecule has 0 radical (unpaired) electrons. The van der Waals surface area contributed by atoms with Gasteiger partial charge in [0.2, 0.25) is 0 Å². The Hall–Kier alpha value is -3.08. The number of nitrogens with one attached hydrogen (secondary N) is 1. The molecule has 1 aromatic heterocycles. The predicted octanol–water partition coefficient (Wildman–Crippen LogP) is 0.379. The van der Waals surface area contributed by atoms with Crippen LogP contribution in [0.25, 0.3) is 0 Å². The molecule has 2 heterocycles. The molecule has 0 unspecified atom stereocenters. The van der Waals surface area contributed by atoms with Crippen molar-refractivity contribution in [2.75, 3.05) is 19.6 Å². The van der Waals surface area contributed by atoms with Crippen LogP contribution in [0.15, 0.2) is 35.1 Å². The number of amides is 2. The molecule has 0 fully saturated rings. The van der Waals surface area contributed by atoms with E-state index >= 15 is 0 Å². The van der Waals surface area contributed by atoms with E-state index in [9.17, 15) is 9.59 Å². The largest absolute Gasteiger partial charge is 0.346 e. The van der Waals surface area contributed by atoms with E-state index in [1.54, 1.807) is 9.47 Å². The van der Waals surface area contributed by atoms with Crippen molar-refractivity contribution in [3.63, 3.8) is 0 Å². The van der Waals surface area contributed by atoms with Crippen molar-refractivity contribution in [1.82, 2.24) is 24.6 Å². The average molecular weight is 340 g/mol. The molecule has 25 heavy (non-hydrogen) atoms. The summed E-state index contributed by atoms with van der Waals surface area (Å²) in [6, 6.07) is 11.8. The Morgan fingerprint density at radius 2 is 2.04 bits per heavy atom. The van der Waals surface area contributed by atoms with Crippen LogP contribution >= 0.6 is 0 Å². The minimum atomic E-state index is -0.289. The SMILES string of the molecule is N#CCn1nc2n(c1=O)CCN(C(=O)NCCc1ccccc1)CC2. The van der Waals surface area contributed by atoms with Gasteiger partial charge in [-0.25, -0.2) is 9.59 Å². The number of hydrogen-bond donors (Lipinski definition) is 1. The number of carbonyl (C=O) groups excluding carboxylic acids is 1. The van der Waals surface area contributed by atoms with Crippen LogP contribution in [0.5, 0.6) is 0 Å². The van der Waals surface area contributed by atoms with Crippen molar-refractivity contribution < 1.29 is 4.79 Å². The van der Waals surface area contributed by atoms with Crippen molar-refractivity contribution in [2.24, 2.45) is 0 Å². The summed E-state index contributed by atoms with van der Waals surface area (Å²) in [5, 5.41) is 15.8. The molecule has 0 bridgehead atoms. The minimum Gasteiger partial charge on any atom is -0.338 e. The molecule has 0 saturated heterocycles. The zero-order valence-corrected chi connectivity index (χ0v) is 13.9. The van der Waals surface area contributed by atoms with Crippen molar-refractivity contribution in [1.29, 1.82) is 5.26 Å². The van der Waals surface area contributed by atoms with Gasteiger partial charge in [0.25, 0.3) is 0 Å². The van der Waals surface area contributed by atoms with E-state index in [2.05, 4.69) is 10.4 Å². The second-order valence-corrected chi connectivity index (χ2v) is 5.87. The molecule has 0 atom stereocenters. The van der Waals surface area contributed by atoms with Gasteiger partial charge in [0.05, 0.1) is 6.07 Å². The Labute approximate surface area is 145 Å². The summed E-state index contributed by atoms with van der Waals surface area (Å²) in [6.07, 6.45) is 1.28. The molecule has 1 aromatic carbocycles. The second kappa shape index (κ2) is 7.66. The van der Waals surface area contributed by atoms with E-state index in [4.69, 9.17) is 5.26 Å². The van der Waals surface area contributed by atoms with E-state index in [-0.39, 0.29) is 18.3 Å². The van der Waals surface area contributed by atoms with Crippen LogP contribution in [0.2, 0.25) is 0 Å². The van der Waals surface area contributed by atoms with E-state index in [1.165, 1.54) is 10.2 Å². The van der Waals surface area contributed by atoms with Crippen molar-refractivity contribution in [3.8, 4) is 6.07 Å². The molecule has 2 amide bonds. The number of hydrogen-bond acceptors (Lipinski definition) is 4. The molecule has 1 N–H and O–H groups in total. The van der Waals surface area contributed by atoms with Crippen LogP contribution in [0, 0.1) is 11.3 Å². The third kappa shape index (κ3) is 3.88. The first-order chi connectivity index (χ1) is 12.2. The highest BCUT2D eigenvalue weighted by Crippen LogP contribution is 2.05. The number of urea groups is 1. The minimum absolute atomic E-state index is 0.0531. The highest BCUT2D eigenvalue weighted by molar-refractivity contribution is 5.74. The lowest BCUT2D eigenvalue weighted by Crippen LogP contribution is -2.42. The Morgan fingerprint density at radius 3 is 2.80 bits per heavy atom. The molecule has 8 heteroatoms. The van der Waals surface area contributed by atoms with Crippen molar-refractivity contribution in [2.45, 2.75) is 25.9 Å². The zero-order valence-electron chi connectivity index (χ0n) is 13.9. The Morgan fingerprint density at radius 1 is 1.24 bits per heavy atom. The van der Waals surface area contributed by atoms with E-state index in [1.807, 2.05) is 36.4 Å². The summed E-state index contributed by atoms with van der Waals surface area (Å²) < 4.78 is 2.72. The Kier molecular flexibility index (Phi) is 5.14. The molecule has 2 aromatic rings. The maximum Gasteiger partial charge on any atom is 0.346 e. The van der Waals surface area contributed by atoms with Crippen molar-refractivity contribution in [3.05, 3.63) is 52.2 Å². The molecule has 1 aliphatic rings. The Balaban J connectivity index is 1.54. The van der Waals surface area contributed by atoms with Gasteiger partial charge >= 0.3 is 11.7 Å².